The van der Waals surface area contributed by atoms with E-state index in [4.69, 9.17) is 22.3 Å². The molecule has 0 unspecified atom stereocenters. The molecule has 6 N–H and O–H groups in total. The third kappa shape index (κ3) is 4.08. The molecule has 0 atom stereocenters. The summed E-state index contributed by atoms with van der Waals surface area (Å²) in [5, 5.41) is 23.4. The number of nitrogens with one attached hydrogen (secondary N) is 2. The Hall–Kier alpha value is -4.54. The molecule has 0 radical (unpaired) electrons. The quantitative estimate of drug-likeness (QED) is 0.328. The first kappa shape index (κ1) is 23.2. The lowest BCUT2D eigenvalue weighted by molar-refractivity contribution is 0.533. The zero-order valence-electron chi connectivity index (χ0n) is 19.6. The topological polar surface area (TPSA) is 137 Å². The fourth-order valence-corrected chi connectivity index (χ4v) is 4.49. The van der Waals surface area contributed by atoms with Crippen molar-refractivity contribution in [1.29, 1.82) is 10.8 Å². The average molecular weight is 490 g/mol. The first-order valence-electron chi connectivity index (χ1n) is 11.3. The van der Waals surface area contributed by atoms with Crippen molar-refractivity contribution in [2.24, 2.45) is 18.5 Å². The van der Waals surface area contributed by atoms with Crippen LogP contribution in [0.3, 0.4) is 0 Å². The summed E-state index contributed by atoms with van der Waals surface area (Å²) in [6, 6.07) is 9.68. The Balaban J connectivity index is 1.39. The Bertz CT molecular complexity index is 1350. The molecule has 0 saturated heterocycles. The first-order chi connectivity index (χ1) is 17.2. The van der Waals surface area contributed by atoms with E-state index in [1.807, 2.05) is 12.2 Å². The molecule has 0 saturated carbocycles. The van der Waals surface area contributed by atoms with Crippen molar-refractivity contribution < 1.29 is 8.78 Å². The van der Waals surface area contributed by atoms with Crippen molar-refractivity contribution >= 4 is 23.1 Å². The Morgan fingerprint density at radius 2 is 1.19 bits per heavy atom. The van der Waals surface area contributed by atoms with E-state index in [0.29, 0.717) is 37.3 Å². The fourth-order valence-electron chi connectivity index (χ4n) is 4.49. The fraction of sp³-hybridized carbons (Fsp3) is 0.200. The minimum Gasteiger partial charge on any atom is -0.370 e. The van der Waals surface area contributed by atoms with E-state index in [1.54, 1.807) is 45.7 Å². The predicted octanol–water partition coefficient (Wildman–Crippen LogP) is 2.61. The number of hydrogen-bond acceptors (Lipinski definition) is 4. The SMILES string of the molecule is Cn1c(-c2ccc(C3=CCN(C(=N)N)C3)cc2F)nnc1-c1ccc(C2=CCN(C(=N)N)C2)cc1F. The summed E-state index contributed by atoms with van der Waals surface area (Å²) in [5.74, 6) is -0.448. The number of nitrogens with zero attached hydrogens (tertiary/aromatic N) is 5. The second kappa shape index (κ2) is 8.91. The van der Waals surface area contributed by atoms with E-state index in [9.17, 15) is 0 Å². The summed E-state index contributed by atoms with van der Waals surface area (Å²) in [7, 11) is 1.67. The molecule has 0 aliphatic carbocycles. The van der Waals surface area contributed by atoms with Gasteiger partial charge >= 0.3 is 0 Å². The number of guanidine groups is 2. The number of halogens is 2. The zero-order valence-corrected chi connectivity index (χ0v) is 19.6. The highest BCUT2D eigenvalue weighted by molar-refractivity contribution is 5.82. The van der Waals surface area contributed by atoms with Gasteiger partial charge in [-0.3, -0.25) is 10.8 Å². The summed E-state index contributed by atoms with van der Waals surface area (Å²) >= 11 is 0. The van der Waals surface area contributed by atoms with Crippen molar-refractivity contribution in [3.63, 3.8) is 0 Å². The molecule has 9 nitrogen and oxygen atoms in total. The van der Waals surface area contributed by atoms with Gasteiger partial charge in [0.15, 0.2) is 23.6 Å². The molecule has 5 rings (SSSR count). The van der Waals surface area contributed by atoms with Crippen LogP contribution in [0.15, 0.2) is 48.6 Å². The van der Waals surface area contributed by atoms with Gasteiger partial charge in [-0.2, -0.15) is 0 Å². The molecule has 36 heavy (non-hydrogen) atoms. The number of hydrogen-bond donors (Lipinski definition) is 4. The summed E-state index contributed by atoms with van der Waals surface area (Å²) in [5.41, 5.74) is 14.8. The number of benzene rings is 2. The molecule has 0 fully saturated rings. The predicted molar refractivity (Wildman–Crippen MR) is 135 cm³/mol. The van der Waals surface area contributed by atoms with Crippen molar-refractivity contribution in [2.45, 2.75) is 0 Å². The molecule has 11 heteroatoms. The van der Waals surface area contributed by atoms with E-state index < -0.39 is 11.6 Å². The summed E-state index contributed by atoms with van der Waals surface area (Å²) in [4.78, 5) is 3.36. The molecule has 2 aliphatic rings. The molecular weight excluding hydrogens is 464 g/mol. The first-order valence-corrected chi connectivity index (χ1v) is 11.3. The zero-order chi connectivity index (χ0) is 25.6. The lowest BCUT2D eigenvalue weighted by Crippen LogP contribution is -2.34. The molecule has 0 amide bonds. The Labute approximate surface area is 206 Å². The number of rotatable bonds is 4. The van der Waals surface area contributed by atoms with Crippen LogP contribution in [0, 0.1) is 22.5 Å². The van der Waals surface area contributed by atoms with Gasteiger partial charge in [-0.05, 0) is 46.5 Å². The van der Waals surface area contributed by atoms with Crippen LogP contribution in [0.2, 0.25) is 0 Å². The molecule has 2 aliphatic heterocycles. The van der Waals surface area contributed by atoms with Crippen molar-refractivity contribution in [2.75, 3.05) is 26.2 Å². The molecule has 184 valence electrons. The molecule has 2 aromatic carbocycles. The van der Waals surface area contributed by atoms with E-state index in [-0.39, 0.29) is 34.7 Å². The lowest BCUT2D eigenvalue weighted by Gasteiger charge is -2.15. The van der Waals surface area contributed by atoms with Crippen molar-refractivity contribution in [3.8, 4) is 22.8 Å². The van der Waals surface area contributed by atoms with Gasteiger partial charge in [0.05, 0.1) is 11.1 Å². The molecule has 1 aromatic heterocycles. The van der Waals surface area contributed by atoms with Crippen LogP contribution in [0.25, 0.3) is 33.9 Å². The van der Waals surface area contributed by atoms with Crippen LogP contribution in [0.4, 0.5) is 8.78 Å². The van der Waals surface area contributed by atoms with E-state index in [1.165, 1.54) is 12.1 Å². The van der Waals surface area contributed by atoms with Crippen LogP contribution in [-0.2, 0) is 7.05 Å². The standard InChI is InChI=1S/C25H25F2N9/c1-34-22(18-4-2-14(10-20(18)26)16-6-8-35(12-16)24(28)29)32-33-23(34)19-5-3-15(11-21(19)27)17-7-9-36(13-17)25(30)31/h2-7,10-11H,8-9,12-13H2,1H3,(H3,28,29)(H3,30,31). The second-order valence-corrected chi connectivity index (χ2v) is 8.79. The van der Waals surface area contributed by atoms with Gasteiger partial charge in [0.1, 0.15) is 11.6 Å². The van der Waals surface area contributed by atoms with Gasteiger partial charge in [-0.15, -0.1) is 10.2 Å². The Morgan fingerprint density at radius 1 is 0.778 bits per heavy atom. The molecular formula is C25H25F2N9. The normalized spacial score (nSPS) is 15.3. The van der Waals surface area contributed by atoms with Gasteiger partial charge in [-0.1, -0.05) is 24.3 Å². The van der Waals surface area contributed by atoms with Crippen LogP contribution < -0.4 is 11.5 Å². The summed E-state index contributed by atoms with van der Waals surface area (Å²) in [6.07, 6.45) is 3.84. The van der Waals surface area contributed by atoms with Crippen molar-refractivity contribution in [3.05, 3.63) is 71.3 Å². The van der Waals surface area contributed by atoms with Crippen LogP contribution in [0.1, 0.15) is 11.1 Å². The third-order valence-corrected chi connectivity index (χ3v) is 6.56. The van der Waals surface area contributed by atoms with Gasteiger partial charge in [0.2, 0.25) is 0 Å². The van der Waals surface area contributed by atoms with E-state index >= 15 is 8.78 Å². The van der Waals surface area contributed by atoms with Crippen molar-refractivity contribution in [1.82, 2.24) is 24.6 Å². The Morgan fingerprint density at radius 3 is 1.53 bits per heavy atom. The minimum absolute atomic E-state index is 0.0248. The Kier molecular flexibility index (Phi) is 5.75. The third-order valence-electron chi connectivity index (χ3n) is 6.56. The van der Waals surface area contributed by atoms with Crippen LogP contribution >= 0.6 is 0 Å². The van der Waals surface area contributed by atoms with Crippen LogP contribution in [-0.4, -0.2) is 62.7 Å². The molecule has 3 heterocycles. The second-order valence-electron chi connectivity index (χ2n) is 8.79. The van der Waals surface area contributed by atoms with Gasteiger partial charge in [0, 0.05) is 33.2 Å². The maximum absolute atomic E-state index is 15.1. The van der Waals surface area contributed by atoms with Gasteiger partial charge in [0.25, 0.3) is 0 Å². The highest BCUT2D eigenvalue weighted by Gasteiger charge is 2.22. The smallest absolute Gasteiger partial charge is 0.188 e. The maximum Gasteiger partial charge on any atom is 0.188 e. The highest BCUT2D eigenvalue weighted by atomic mass is 19.1. The summed E-state index contributed by atoms with van der Waals surface area (Å²) < 4.78 is 31.8. The average Bonchev–Trinajstić information content (AvgIpc) is 3.59. The maximum atomic E-state index is 15.1. The largest absolute Gasteiger partial charge is 0.370 e. The molecule has 0 spiro atoms. The number of nitrogens with two attached hydrogens (primary N) is 2. The van der Waals surface area contributed by atoms with Gasteiger partial charge in [-0.25, -0.2) is 8.78 Å². The summed E-state index contributed by atoms with van der Waals surface area (Å²) in [6.45, 7) is 1.91. The highest BCUT2D eigenvalue weighted by Crippen LogP contribution is 2.31. The van der Waals surface area contributed by atoms with Crippen LogP contribution in [0.5, 0.6) is 0 Å². The van der Waals surface area contributed by atoms with Gasteiger partial charge < -0.3 is 25.8 Å². The lowest BCUT2D eigenvalue weighted by atomic mass is 10.0. The van der Waals surface area contributed by atoms with E-state index in [0.717, 1.165) is 11.1 Å². The molecule has 0 bridgehead atoms. The van der Waals surface area contributed by atoms with E-state index in [2.05, 4.69) is 10.2 Å². The molecule has 3 aromatic rings. The minimum atomic E-state index is -0.476. The monoisotopic (exact) mass is 489 g/mol. The number of aromatic nitrogens is 3.